The zero-order valence-electron chi connectivity index (χ0n) is 12.1. The maximum absolute atomic E-state index is 13.9. The minimum absolute atomic E-state index is 0.326. The van der Waals surface area contributed by atoms with Crippen LogP contribution in [-0.4, -0.2) is 16.5 Å². The van der Waals surface area contributed by atoms with E-state index in [0.29, 0.717) is 16.0 Å². The summed E-state index contributed by atoms with van der Waals surface area (Å²) in [4.78, 5) is 8.51. The number of aromatic nitrogens is 2. The number of halogens is 2. The van der Waals surface area contributed by atoms with Gasteiger partial charge in [0.2, 0.25) is 0 Å². The highest BCUT2D eigenvalue weighted by atomic mass is 79.9. The van der Waals surface area contributed by atoms with Crippen LogP contribution in [0.2, 0.25) is 0 Å². The third-order valence-corrected chi connectivity index (χ3v) is 3.71. The number of rotatable bonds is 6. The minimum atomic E-state index is -0.326. The Morgan fingerprint density at radius 3 is 2.62 bits per heavy atom. The average Bonchev–Trinajstić information content (AvgIpc) is 2.49. The van der Waals surface area contributed by atoms with E-state index in [9.17, 15) is 4.39 Å². The molecule has 0 amide bonds. The van der Waals surface area contributed by atoms with Crippen molar-refractivity contribution in [2.45, 2.75) is 26.7 Å². The maximum Gasteiger partial charge on any atom is 0.147 e. The van der Waals surface area contributed by atoms with Crippen LogP contribution >= 0.6 is 15.9 Å². The van der Waals surface area contributed by atoms with Crippen molar-refractivity contribution in [2.75, 3.05) is 17.2 Å². The predicted octanol–water partition coefficient (Wildman–Crippen LogP) is 4.51. The third kappa shape index (κ3) is 3.69. The van der Waals surface area contributed by atoms with E-state index in [-0.39, 0.29) is 5.82 Å². The first kappa shape index (κ1) is 15.7. The second-order valence-electron chi connectivity index (χ2n) is 4.55. The molecule has 0 aliphatic heterocycles. The molecule has 4 nitrogen and oxygen atoms in total. The summed E-state index contributed by atoms with van der Waals surface area (Å²) < 4.78 is 14.6. The van der Waals surface area contributed by atoms with Crippen molar-refractivity contribution in [1.29, 1.82) is 0 Å². The van der Waals surface area contributed by atoms with Crippen molar-refractivity contribution in [3.63, 3.8) is 0 Å². The lowest BCUT2D eigenvalue weighted by molar-refractivity contribution is 0.631. The predicted molar refractivity (Wildman–Crippen MR) is 87.6 cm³/mol. The molecule has 0 fully saturated rings. The monoisotopic (exact) mass is 352 g/mol. The Hall–Kier alpha value is -1.69. The average molecular weight is 353 g/mol. The lowest BCUT2D eigenvalue weighted by Gasteiger charge is -2.15. The smallest absolute Gasteiger partial charge is 0.147 e. The SMILES string of the molecule is CCCNc1ncnc(Nc2c(F)cccc2Br)c1CC. The van der Waals surface area contributed by atoms with Gasteiger partial charge in [-0.1, -0.05) is 19.9 Å². The molecule has 0 saturated carbocycles. The van der Waals surface area contributed by atoms with Crippen LogP contribution in [0.1, 0.15) is 25.8 Å². The standard InChI is InChI=1S/C15H18BrFN4/c1-3-8-18-14-10(4-2)15(20-9-19-14)21-13-11(16)6-5-7-12(13)17/h5-7,9H,3-4,8H2,1-2H3,(H2,18,19,20,21). The summed E-state index contributed by atoms with van der Waals surface area (Å²) in [6.07, 6.45) is 3.24. The van der Waals surface area contributed by atoms with Crippen LogP contribution < -0.4 is 10.6 Å². The Bertz CT molecular complexity index is 598. The highest BCUT2D eigenvalue weighted by Gasteiger charge is 2.13. The summed E-state index contributed by atoms with van der Waals surface area (Å²) in [6.45, 7) is 4.96. The van der Waals surface area contributed by atoms with Gasteiger partial charge < -0.3 is 10.6 Å². The number of anilines is 3. The zero-order chi connectivity index (χ0) is 15.2. The number of para-hydroxylation sites is 1. The maximum atomic E-state index is 13.9. The second-order valence-corrected chi connectivity index (χ2v) is 5.41. The van der Waals surface area contributed by atoms with Gasteiger partial charge in [-0.25, -0.2) is 14.4 Å². The Kier molecular flexibility index (Phi) is 5.50. The molecule has 6 heteroatoms. The molecule has 0 radical (unpaired) electrons. The van der Waals surface area contributed by atoms with Gasteiger partial charge in [0.05, 0.1) is 5.69 Å². The van der Waals surface area contributed by atoms with E-state index in [1.807, 2.05) is 6.92 Å². The Morgan fingerprint density at radius 1 is 1.19 bits per heavy atom. The van der Waals surface area contributed by atoms with E-state index in [4.69, 9.17) is 0 Å². The summed E-state index contributed by atoms with van der Waals surface area (Å²) >= 11 is 3.35. The molecule has 112 valence electrons. The Morgan fingerprint density at radius 2 is 1.95 bits per heavy atom. The molecule has 21 heavy (non-hydrogen) atoms. The fourth-order valence-electron chi connectivity index (χ4n) is 1.99. The van der Waals surface area contributed by atoms with Crippen LogP contribution in [0, 0.1) is 5.82 Å². The van der Waals surface area contributed by atoms with E-state index in [1.54, 1.807) is 12.1 Å². The quantitative estimate of drug-likeness (QED) is 0.803. The molecule has 0 aliphatic carbocycles. The van der Waals surface area contributed by atoms with Crippen LogP contribution in [0.3, 0.4) is 0 Å². The van der Waals surface area contributed by atoms with Crippen molar-refractivity contribution in [3.05, 3.63) is 40.4 Å². The molecule has 0 atom stereocenters. The summed E-state index contributed by atoms with van der Waals surface area (Å²) in [5.41, 5.74) is 1.33. The summed E-state index contributed by atoms with van der Waals surface area (Å²) in [7, 11) is 0. The molecule has 0 unspecified atom stereocenters. The van der Waals surface area contributed by atoms with Crippen LogP contribution in [0.15, 0.2) is 29.0 Å². The van der Waals surface area contributed by atoms with Gasteiger partial charge in [0.15, 0.2) is 0 Å². The fourth-order valence-corrected chi connectivity index (χ4v) is 2.43. The van der Waals surface area contributed by atoms with Crippen LogP contribution in [0.25, 0.3) is 0 Å². The van der Waals surface area contributed by atoms with Gasteiger partial charge >= 0.3 is 0 Å². The molecule has 1 aromatic carbocycles. The third-order valence-electron chi connectivity index (χ3n) is 3.05. The number of hydrogen-bond donors (Lipinski definition) is 2. The largest absolute Gasteiger partial charge is 0.370 e. The van der Waals surface area contributed by atoms with Crippen molar-refractivity contribution >= 4 is 33.3 Å². The van der Waals surface area contributed by atoms with E-state index in [1.165, 1.54) is 12.4 Å². The van der Waals surface area contributed by atoms with Crippen LogP contribution in [-0.2, 0) is 6.42 Å². The van der Waals surface area contributed by atoms with Crippen molar-refractivity contribution in [2.24, 2.45) is 0 Å². The molecule has 2 rings (SSSR count). The van der Waals surface area contributed by atoms with E-state index >= 15 is 0 Å². The first-order valence-corrected chi connectivity index (χ1v) is 7.75. The number of nitrogens with zero attached hydrogens (tertiary/aromatic N) is 2. The number of hydrogen-bond acceptors (Lipinski definition) is 4. The van der Waals surface area contributed by atoms with Crippen LogP contribution in [0.4, 0.5) is 21.7 Å². The first-order valence-electron chi connectivity index (χ1n) is 6.96. The molecular weight excluding hydrogens is 335 g/mol. The lowest BCUT2D eigenvalue weighted by atomic mass is 10.2. The fraction of sp³-hybridized carbons (Fsp3) is 0.333. The molecule has 2 N–H and O–H groups in total. The molecular formula is C15H18BrFN4. The van der Waals surface area contributed by atoms with Gasteiger partial charge in [-0.05, 0) is 40.9 Å². The number of benzene rings is 1. The van der Waals surface area contributed by atoms with E-state index in [2.05, 4.69) is 43.5 Å². The van der Waals surface area contributed by atoms with Gasteiger partial charge in [-0.15, -0.1) is 0 Å². The summed E-state index contributed by atoms with van der Waals surface area (Å²) in [5, 5.41) is 6.34. The summed E-state index contributed by atoms with van der Waals surface area (Å²) in [5.74, 6) is 1.09. The molecule has 1 heterocycles. The normalized spacial score (nSPS) is 10.5. The van der Waals surface area contributed by atoms with Crippen molar-refractivity contribution < 1.29 is 4.39 Å². The Balaban J connectivity index is 2.35. The van der Waals surface area contributed by atoms with Gasteiger partial charge in [0.25, 0.3) is 0 Å². The zero-order valence-corrected chi connectivity index (χ0v) is 13.7. The highest BCUT2D eigenvalue weighted by Crippen LogP contribution is 2.30. The molecule has 0 saturated heterocycles. The summed E-state index contributed by atoms with van der Waals surface area (Å²) in [6, 6.07) is 4.85. The molecule has 1 aromatic heterocycles. The first-order chi connectivity index (χ1) is 10.2. The number of nitrogens with one attached hydrogen (secondary N) is 2. The molecule has 0 aliphatic rings. The molecule has 0 bridgehead atoms. The highest BCUT2D eigenvalue weighted by molar-refractivity contribution is 9.10. The Labute approximate surface area is 132 Å². The van der Waals surface area contributed by atoms with Gasteiger partial charge in [-0.2, -0.15) is 0 Å². The van der Waals surface area contributed by atoms with Crippen molar-refractivity contribution in [1.82, 2.24) is 9.97 Å². The van der Waals surface area contributed by atoms with Crippen molar-refractivity contribution in [3.8, 4) is 0 Å². The second kappa shape index (κ2) is 7.36. The lowest BCUT2D eigenvalue weighted by Crippen LogP contribution is -2.09. The van der Waals surface area contributed by atoms with E-state index < -0.39 is 0 Å². The van der Waals surface area contributed by atoms with Gasteiger partial charge in [0, 0.05) is 16.6 Å². The topological polar surface area (TPSA) is 49.8 Å². The van der Waals surface area contributed by atoms with Gasteiger partial charge in [0.1, 0.15) is 23.8 Å². The van der Waals surface area contributed by atoms with Crippen LogP contribution in [0.5, 0.6) is 0 Å². The molecule has 0 spiro atoms. The molecule has 2 aromatic rings. The van der Waals surface area contributed by atoms with Gasteiger partial charge in [-0.3, -0.25) is 0 Å². The minimum Gasteiger partial charge on any atom is -0.370 e. The van der Waals surface area contributed by atoms with E-state index in [0.717, 1.165) is 30.8 Å².